The van der Waals surface area contributed by atoms with Gasteiger partial charge in [0.1, 0.15) is 0 Å². The van der Waals surface area contributed by atoms with Crippen molar-refractivity contribution < 1.29 is 4.74 Å². The highest BCUT2D eigenvalue weighted by Gasteiger charge is 2.16. The summed E-state index contributed by atoms with van der Waals surface area (Å²) in [7, 11) is 0. The van der Waals surface area contributed by atoms with Crippen molar-refractivity contribution >= 4 is 23.4 Å². The number of H-pyrrole nitrogens is 1. The van der Waals surface area contributed by atoms with Crippen LogP contribution in [-0.4, -0.2) is 27.2 Å². The lowest BCUT2D eigenvalue weighted by Gasteiger charge is -2.09. The Labute approximate surface area is 111 Å². The van der Waals surface area contributed by atoms with Crippen LogP contribution in [0.2, 0.25) is 0 Å². The van der Waals surface area contributed by atoms with Gasteiger partial charge in [-0.2, -0.15) is 0 Å². The van der Waals surface area contributed by atoms with E-state index >= 15 is 0 Å². The minimum atomic E-state index is 0.391. The van der Waals surface area contributed by atoms with E-state index in [1.54, 1.807) is 0 Å². The number of fused-ring (bicyclic) bond motifs is 1. The Hall–Kier alpha value is -1.20. The summed E-state index contributed by atoms with van der Waals surface area (Å²) in [6.07, 6.45) is 5.64. The van der Waals surface area contributed by atoms with E-state index in [2.05, 4.69) is 20.6 Å². The van der Waals surface area contributed by atoms with Crippen LogP contribution in [0.15, 0.2) is 12.3 Å². The van der Waals surface area contributed by atoms with E-state index in [-0.39, 0.29) is 0 Å². The third kappa shape index (κ3) is 2.20. The summed E-state index contributed by atoms with van der Waals surface area (Å²) >= 11 is 5.36. The maximum absolute atomic E-state index is 5.64. The Morgan fingerprint density at radius 2 is 2.50 bits per heavy atom. The fourth-order valence-electron chi connectivity index (χ4n) is 2.50. The maximum Gasteiger partial charge on any atom is 0.179 e. The fraction of sp³-hybridized carbons (Fsp3) is 0.538. The molecule has 2 aromatic heterocycles. The molecule has 5 heteroatoms. The third-order valence-electron chi connectivity index (χ3n) is 3.44. The molecule has 0 aliphatic carbocycles. The van der Waals surface area contributed by atoms with Gasteiger partial charge in [-0.15, -0.1) is 0 Å². The van der Waals surface area contributed by atoms with Gasteiger partial charge in [0.05, 0.1) is 11.6 Å². The lowest BCUT2D eigenvalue weighted by Crippen LogP contribution is -2.10. The summed E-state index contributed by atoms with van der Waals surface area (Å²) in [6.45, 7) is 3.81. The highest BCUT2D eigenvalue weighted by molar-refractivity contribution is 7.71. The summed E-state index contributed by atoms with van der Waals surface area (Å²) < 4.78 is 8.47. The molecule has 4 nitrogen and oxygen atoms in total. The average Bonchev–Trinajstić information content (AvgIpc) is 2.93. The van der Waals surface area contributed by atoms with Crippen LogP contribution in [0.4, 0.5) is 0 Å². The zero-order valence-electron chi connectivity index (χ0n) is 10.5. The molecule has 3 heterocycles. The van der Waals surface area contributed by atoms with Crippen molar-refractivity contribution in [1.29, 1.82) is 0 Å². The number of nitrogens with one attached hydrogen (secondary N) is 1. The Balaban J connectivity index is 1.86. The molecular weight excluding hydrogens is 246 g/mol. The third-order valence-corrected chi connectivity index (χ3v) is 3.77. The average molecular weight is 263 g/mol. The van der Waals surface area contributed by atoms with Gasteiger partial charge in [0.2, 0.25) is 0 Å². The molecule has 0 bridgehead atoms. The first kappa shape index (κ1) is 11.9. The molecular formula is C13H17N3OS. The van der Waals surface area contributed by atoms with Gasteiger partial charge in [-0.1, -0.05) is 0 Å². The largest absolute Gasteiger partial charge is 0.378 e. The number of aromatic nitrogens is 3. The number of nitrogens with zero attached hydrogens (tertiary/aromatic N) is 2. The molecule has 0 amide bonds. The normalized spacial score (nSPS) is 19.7. The number of ether oxygens (including phenoxy) is 1. The second kappa shape index (κ2) is 4.82. The van der Waals surface area contributed by atoms with Gasteiger partial charge in [-0.3, -0.25) is 0 Å². The molecule has 1 saturated heterocycles. The monoisotopic (exact) mass is 263 g/mol. The van der Waals surface area contributed by atoms with E-state index in [1.807, 2.05) is 13.1 Å². The minimum Gasteiger partial charge on any atom is -0.378 e. The van der Waals surface area contributed by atoms with Crippen LogP contribution in [0, 0.1) is 11.7 Å². The molecule has 96 valence electrons. The second-order valence-electron chi connectivity index (χ2n) is 4.89. The molecule has 18 heavy (non-hydrogen) atoms. The van der Waals surface area contributed by atoms with Gasteiger partial charge in [0.15, 0.2) is 10.4 Å². The minimum absolute atomic E-state index is 0.391. The van der Waals surface area contributed by atoms with E-state index in [1.165, 1.54) is 12.8 Å². The predicted octanol–water partition coefficient (Wildman–Crippen LogP) is 2.97. The number of aromatic amines is 1. The van der Waals surface area contributed by atoms with Crippen LogP contribution < -0.4 is 0 Å². The predicted molar refractivity (Wildman–Crippen MR) is 73.2 cm³/mol. The Bertz CT molecular complexity index is 610. The lowest BCUT2D eigenvalue weighted by atomic mass is 10.2. The fourth-order valence-corrected chi connectivity index (χ4v) is 2.79. The van der Waals surface area contributed by atoms with E-state index in [0.717, 1.165) is 41.1 Å². The van der Waals surface area contributed by atoms with Crippen molar-refractivity contribution in [2.45, 2.75) is 38.8 Å². The number of imidazole rings is 1. The van der Waals surface area contributed by atoms with Crippen molar-refractivity contribution in [3.05, 3.63) is 22.6 Å². The van der Waals surface area contributed by atoms with Crippen LogP contribution in [0.3, 0.4) is 0 Å². The Morgan fingerprint density at radius 3 is 3.28 bits per heavy atom. The first-order valence-electron chi connectivity index (χ1n) is 6.41. The van der Waals surface area contributed by atoms with Crippen LogP contribution in [0.25, 0.3) is 11.2 Å². The van der Waals surface area contributed by atoms with Crippen molar-refractivity contribution in [1.82, 2.24) is 14.5 Å². The summed E-state index contributed by atoms with van der Waals surface area (Å²) in [5.74, 6) is 0. The molecule has 1 fully saturated rings. The molecule has 0 saturated carbocycles. The summed E-state index contributed by atoms with van der Waals surface area (Å²) in [5, 5.41) is 0. The van der Waals surface area contributed by atoms with Crippen molar-refractivity contribution in [3.63, 3.8) is 0 Å². The summed E-state index contributed by atoms with van der Waals surface area (Å²) in [6, 6.07) is 2.08. The molecule has 1 atom stereocenters. The van der Waals surface area contributed by atoms with Gasteiger partial charge in [-0.25, -0.2) is 4.98 Å². The highest BCUT2D eigenvalue weighted by atomic mass is 32.1. The number of pyridine rings is 1. The van der Waals surface area contributed by atoms with Crippen LogP contribution in [0.1, 0.15) is 24.8 Å². The molecule has 0 spiro atoms. The summed E-state index contributed by atoms with van der Waals surface area (Å²) in [4.78, 5) is 7.69. The maximum atomic E-state index is 5.64. The first-order chi connectivity index (χ1) is 8.74. The second-order valence-corrected chi connectivity index (χ2v) is 5.28. The van der Waals surface area contributed by atoms with Crippen molar-refractivity contribution in [2.75, 3.05) is 6.61 Å². The van der Waals surface area contributed by atoms with Crippen LogP contribution >= 0.6 is 12.2 Å². The zero-order chi connectivity index (χ0) is 12.5. The topological polar surface area (TPSA) is 42.8 Å². The van der Waals surface area contributed by atoms with Crippen molar-refractivity contribution in [3.8, 4) is 0 Å². The first-order valence-corrected chi connectivity index (χ1v) is 6.81. The van der Waals surface area contributed by atoms with Gasteiger partial charge in [-0.05, 0) is 50.0 Å². The molecule has 0 aromatic carbocycles. The molecule has 3 rings (SSSR count). The highest BCUT2D eigenvalue weighted by Crippen LogP contribution is 2.18. The molecule has 0 radical (unpaired) electrons. The van der Waals surface area contributed by atoms with Gasteiger partial charge in [0, 0.05) is 19.3 Å². The molecule has 1 aliphatic rings. The van der Waals surface area contributed by atoms with Crippen LogP contribution in [0.5, 0.6) is 0 Å². The Morgan fingerprint density at radius 1 is 1.61 bits per heavy atom. The molecule has 1 aliphatic heterocycles. The number of aryl methyl sites for hydroxylation is 2. The number of hydrogen-bond donors (Lipinski definition) is 1. The van der Waals surface area contributed by atoms with Gasteiger partial charge < -0.3 is 14.3 Å². The van der Waals surface area contributed by atoms with E-state index < -0.39 is 0 Å². The van der Waals surface area contributed by atoms with Crippen molar-refractivity contribution in [2.24, 2.45) is 0 Å². The van der Waals surface area contributed by atoms with E-state index in [0.29, 0.717) is 6.10 Å². The SMILES string of the molecule is Cc1cnc2c(c1)[nH]c(=S)n2CCC1CCCO1. The smallest absolute Gasteiger partial charge is 0.179 e. The summed E-state index contributed by atoms with van der Waals surface area (Å²) in [5.41, 5.74) is 3.11. The molecule has 2 aromatic rings. The van der Waals surface area contributed by atoms with E-state index in [9.17, 15) is 0 Å². The van der Waals surface area contributed by atoms with Gasteiger partial charge in [0.25, 0.3) is 0 Å². The lowest BCUT2D eigenvalue weighted by molar-refractivity contribution is 0.100. The van der Waals surface area contributed by atoms with Gasteiger partial charge >= 0.3 is 0 Å². The van der Waals surface area contributed by atoms with E-state index in [4.69, 9.17) is 17.0 Å². The standard InChI is InChI=1S/C13H17N3OS/c1-9-7-11-12(14-8-9)16(13(18)15-11)5-4-10-3-2-6-17-10/h7-8,10H,2-6H2,1H3,(H,15,18). The Kier molecular flexibility index (Phi) is 3.18. The quantitative estimate of drug-likeness (QED) is 0.866. The number of hydrogen-bond acceptors (Lipinski definition) is 3. The number of rotatable bonds is 3. The zero-order valence-corrected chi connectivity index (χ0v) is 11.3. The van der Waals surface area contributed by atoms with Crippen LogP contribution in [-0.2, 0) is 11.3 Å². The molecule has 1 N–H and O–H groups in total. The molecule has 1 unspecified atom stereocenters.